The predicted molar refractivity (Wildman–Crippen MR) is 52.7 cm³/mol. The Labute approximate surface area is 87.5 Å². The van der Waals surface area contributed by atoms with Crippen LogP contribution in [0.1, 0.15) is 0 Å². The molecule has 2 atom stereocenters. The van der Waals surface area contributed by atoms with E-state index in [0.29, 0.717) is 11.5 Å². The molecule has 1 aromatic carbocycles. The molecule has 0 saturated heterocycles. The molecule has 0 aliphatic heterocycles. The van der Waals surface area contributed by atoms with Crippen molar-refractivity contribution in [1.82, 2.24) is 0 Å². The first-order valence-corrected chi connectivity index (χ1v) is 4.45. The highest BCUT2D eigenvalue weighted by Crippen LogP contribution is 2.26. The van der Waals surface area contributed by atoms with Crippen LogP contribution in [0.25, 0.3) is 0 Å². The minimum absolute atomic E-state index is 0.306. The van der Waals surface area contributed by atoms with Crippen molar-refractivity contribution in [2.75, 3.05) is 13.7 Å². The van der Waals surface area contributed by atoms with Gasteiger partial charge in [0, 0.05) is 0 Å². The van der Waals surface area contributed by atoms with E-state index in [4.69, 9.17) is 19.7 Å². The Bertz CT molecular complexity index is 302. The van der Waals surface area contributed by atoms with Gasteiger partial charge < -0.3 is 24.8 Å². The molecule has 5 nitrogen and oxygen atoms in total. The van der Waals surface area contributed by atoms with Crippen LogP contribution in [0.15, 0.2) is 24.3 Å². The van der Waals surface area contributed by atoms with E-state index >= 15 is 0 Å². The molecule has 0 amide bonds. The Hall–Kier alpha value is -1.30. The van der Waals surface area contributed by atoms with Crippen LogP contribution in [0, 0.1) is 0 Å². The molecule has 0 bridgehead atoms. The average molecular weight is 214 g/mol. The lowest BCUT2D eigenvalue weighted by molar-refractivity contribution is -0.119. The van der Waals surface area contributed by atoms with Gasteiger partial charge in [0.2, 0.25) is 6.29 Å². The van der Waals surface area contributed by atoms with Gasteiger partial charge in [0.05, 0.1) is 13.7 Å². The standard InChI is InChI=1S/C10H14O5/c1-14-8-4-2-3-5-9(8)15-10(13)7(12)6-11/h2-5,7,10-13H,6H2,1H3. The predicted octanol–water partition coefficient (Wildman–Crippen LogP) is -0.254. The minimum Gasteiger partial charge on any atom is -0.493 e. The van der Waals surface area contributed by atoms with E-state index in [-0.39, 0.29) is 0 Å². The largest absolute Gasteiger partial charge is 0.493 e. The Morgan fingerprint density at radius 3 is 2.33 bits per heavy atom. The van der Waals surface area contributed by atoms with Gasteiger partial charge in [-0.25, -0.2) is 0 Å². The summed E-state index contributed by atoms with van der Waals surface area (Å²) in [5, 5.41) is 27.0. The number of aliphatic hydroxyl groups excluding tert-OH is 3. The number of aliphatic hydroxyl groups is 3. The maximum Gasteiger partial charge on any atom is 0.226 e. The zero-order valence-electron chi connectivity index (χ0n) is 8.33. The normalized spacial score (nSPS) is 14.4. The van der Waals surface area contributed by atoms with Gasteiger partial charge in [0.1, 0.15) is 6.10 Å². The fourth-order valence-corrected chi connectivity index (χ4v) is 1.01. The first-order chi connectivity index (χ1) is 7.19. The average Bonchev–Trinajstić information content (AvgIpc) is 2.28. The second-order valence-corrected chi connectivity index (χ2v) is 2.91. The van der Waals surface area contributed by atoms with Crippen LogP contribution < -0.4 is 9.47 Å². The van der Waals surface area contributed by atoms with Gasteiger partial charge in [-0.15, -0.1) is 0 Å². The lowest BCUT2D eigenvalue weighted by Gasteiger charge is -2.18. The number of hydrogen-bond donors (Lipinski definition) is 3. The van der Waals surface area contributed by atoms with E-state index in [1.807, 2.05) is 0 Å². The van der Waals surface area contributed by atoms with Crippen molar-refractivity contribution in [1.29, 1.82) is 0 Å². The van der Waals surface area contributed by atoms with Gasteiger partial charge in [0.25, 0.3) is 0 Å². The van der Waals surface area contributed by atoms with Gasteiger partial charge in [-0.3, -0.25) is 0 Å². The molecular weight excluding hydrogens is 200 g/mol. The molecule has 0 saturated carbocycles. The molecule has 0 spiro atoms. The van der Waals surface area contributed by atoms with Crippen LogP contribution >= 0.6 is 0 Å². The Kier molecular flexibility index (Phi) is 4.36. The summed E-state index contributed by atoms with van der Waals surface area (Å²) in [7, 11) is 1.47. The fraction of sp³-hybridized carbons (Fsp3) is 0.400. The molecule has 1 rings (SSSR count). The van der Waals surface area contributed by atoms with Gasteiger partial charge in [-0.05, 0) is 12.1 Å². The van der Waals surface area contributed by atoms with E-state index in [0.717, 1.165) is 0 Å². The summed E-state index contributed by atoms with van der Waals surface area (Å²) in [5.74, 6) is 0.752. The highest BCUT2D eigenvalue weighted by atomic mass is 16.6. The number of para-hydroxylation sites is 2. The smallest absolute Gasteiger partial charge is 0.226 e. The Balaban J connectivity index is 2.71. The van der Waals surface area contributed by atoms with Crippen molar-refractivity contribution in [3.63, 3.8) is 0 Å². The number of methoxy groups -OCH3 is 1. The van der Waals surface area contributed by atoms with E-state index in [1.54, 1.807) is 24.3 Å². The lowest BCUT2D eigenvalue weighted by atomic mass is 10.3. The summed E-state index contributed by atoms with van der Waals surface area (Å²) in [5.41, 5.74) is 0. The SMILES string of the molecule is COc1ccccc1OC(O)C(O)CO. The summed E-state index contributed by atoms with van der Waals surface area (Å²) in [6, 6.07) is 6.70. The lowest BCUT2D eigenvalue weighted by Crippen LogP contribution is -2.34. The third-order valence-electron chi connectivity index (χ3n) is 1.83. The molecular formula is C10H14O5. The Morgan fingerprint density at radius 1 is 1.20 bits per heavy atom. The number of benzene rings is 1. The van der Waals surface area contributed by atoms with Crippen molar-refractivity contribution in [2.45, 2.75) is 12.4 Å². The molecule has 0 aliphatic rings. The quantitative estimate of drug-likeness (QED) is 0.589. The van der Waals surface area contributed by atoms with Crippen molar-refractivity contribution in [3.05, 3.63) is 24.3 Å². The zero-order chi connectivity index (χ0) is 11.3. The van der Waals surface area contributed by atoms with Crippen LogP contribution in [0.3, 0.4) is 0 Å². The molecule has 15 heavy (non-hydrogen) atoms. The van der Waals surface area contributed by atoms with E-state index in [1.165, 1.54) is 7.11 Å². The highest BCUT2D eigenvalue weighted by Gasteiger charge is 2.18. The molecule has 0 radical (unpaired) electrons. The second-order valence-electron chi connectivity index (χ2n) is 2.91. The van der Waals surface area contributed by atoms with Crippen molar-refractivity contribution in [3.8, 4) is 11.5 Å². The summed E-state index contributed by atoms with van der Waals surface area (Å²) in [6.45, 7) is -0.573. The van der Waals surface area contributed by atoms with Crippen LogP contribution in [-0.4, -0.2) is 41.4 Å². The van der Waals surface area contributed by atoms with E-state index < -0.39 is 19.0 Å². The summed E-state index contributed by atoms with van der Waals surface area (Å²) in [6.07, 6.45) is -2.82. The van der Waals surface area contributed by atoms with Crippen molar-refractivity contribution >= 4 is 0 Å². The number of rotatable bonds is 5. The van der Waals surface area contributed by atoms with Crippen LogP contribution in [0.5, 0.6) is 11.5 Å². The van der Waals surface area contributed by atoms with Crippen LogP contribution in [0.4, 0.5) is 0 Å². The molecule has 1 aromatic rings. The van der Waals surface area contributed by atoms with Gasteiger partial charge in [-0.2, -0.15) is 0 Å². The first-order valence-electron chi connectivity index (χ1n) is 4.45. The monoisotopic (exact) mass is 214 g/mol. The Morgan fingerprint density at radius 2 is 1.80 bits per heavy atom. The number of hydrogen-bond acceptors (Lipinski definition) is 5. The molecule has 0 aromatic heterocycles. The van der Waals surface area contributed by atoms with Gasteiger partial charge in [-0.1, -0.05) is 12.1 Å². The molecule has 0 heterocycles. The minimum atomic E-state index is -1.48. The third-order valence-corrected chi connectivity index (χ3v) is 1.83. The molecule has 5 heteroatoms. The third kappa shape index (κ3) is 3.09. The van der Waals surface area contributed by atoms with Crippen LogP contribution in [-0.2, 0) is 0 Å². The molecule has 0 aliphatic carbocycles. The summed E-state index contributed by atoms with van der Waals surface area (Å²) < 4.78 is 9.99. The summed E-state index contributed by atoms with van der Waals surface area (Å²) >= 11 is 0. The zero-order valence-corrected chi connectivity index (χ0v) is 8.33. The molecule has 0 fully saturated rings. The molecule has 3 N–H and O–H groups in total. The molecule has 84 valence electrons. The van der Waals surface area contributed by atoms with Crippen molar-refractivity contribution in [2.24, 2.45) is 0 Å². The van der Waals surface area contributed by atoms with Gasteiger partial charge in [0.15, 0.2) is 11.5 Å². The number of ether oxygens (including phenoxy) is 2. The second kappa shape index (κ2) is 5.55. The summed E-state index contributed by atoms with van der Waals surface area (Å²) in [4.78, 5) is 0. The van der Waals surface area contributed by atoms with E-state index in [9.17, 15) is 5.11 Å². The maximum atomic E-state index is 9.30. The van der Waals surface area contributed by atoms with Gasteiger partial charge >= 0.3 is 0 Å². The van der Waals surface area contributed by atoms with Crippen molar-refractivity contribution < 1.29 is 24.8 Å². The van der Waals surface area contributed by atoms with E-state index in [2.05, 4.69) is 0 Å². The topological polar surface area (TPSA) is 79.2 Å². The molecule has 2 unspecified atom stereocenters. The maximum absolute atomic E-state index is 9.30. The first kappa shape index (κ1) is 11.8. The fourth-order valence-electron chi connectivity index (χ4n) is 1.01. The highest BCUT2D eigenvalue weighted by molar-refractivity contribution is 5.39. The van der Waals surface area contributed by atoms with Crippen LogP contribution in [0.2, 0.25) is 0 Å².